The van der Waals surface area contributed by atoms with Gasteiger partial charge in [0.1, 0.15) is 5.69 Å². The number of nitrogens with zero attached hydrogens (tertiary/aromatic N) is 3. The molecular formula is C26H26F3KN6O. The summed E-state index contributed by atoms with van der Waals surface area (Å²) >= 11 is 0. The smallest absolute Gasteiger partial charge is 0.560 e. The van der Waals surface area contributed by atoms with Crippen LogP contribution in [0.1, 0.15) is 40.1 Å². The number of anilines is 2. The Morgan fingerprint density at radius 1 is 1.19 bits per heavy atom. The van der Waals surface area contributed by atoms with E-state index in [4.69, 9.17) is 0 Å². The molecule has 1 aliphatic rings. The molecule has 7 nitrogen and oxygen atoms in total. The summed E-state index contributed by atoms with van der Waals surface area (Å²) in [7, 11) is 4.29. The van der Waals surface area contributed by atoms with Gasteiger partial charge in [-0.15, -0.1) is 6.07 Å². The third-order valence-corrected chi connectivity index (χ3v) is 5.64. The van der Waals surface area contributed by atoms with E-state index in [0.29, 0.717) is 5.69 Å². The molecule has 2 aromatic heterocycles. The number of alkyl halides is 3. The number of amides is 1. The molecule has 3 heterocycles. The maximum absolute atomic E-state index is 12.7. The Bertz CT molecular complexity index is 1300. The van der Waals surface area contributed by atoms with Crippen LogP contribution in [0.15, 0.2) is 67.3 Å². The first-order valence-corrected chi connectivity index (χ1v) is 11.2. The molecule has 1 aromatic carbocycles. The van der Waals surface area contributed by atoms with Gasteiger partial charge in [0.05, 0.1) is 32.0 Å². The number of aromatic nitrogens is 2. The standard InChI is InChI=1S/C26H26F3N6O.K/c1-17(30-9-10-31-24-12-20(14-33-24)21-15-35(2,3)16-21)18-5-4-6-22(11-18)34-25(36)19-7-8-23(32-13-19)26(27,28)29;/h4-8,10-15,17,30H,16H2,1-3H3,(H,31,33)(H,34,36);/q-1;+1. The summed E-state index contributed by atoms with van der Waals surface area (Å²) in [5, 5.41) is 8.90. The largest absolute Gasteiger partial charge is 1.00 e. The van der Waals surface area contributed by atoms with E-state index in [2.05, 4.69) is 52.4 Å². The van der Waals surface area contributed by atoms with E-state index in [0.717, 1.165) is 46.3 Å². The van der Waals surface area contributed by atoms with E-state index in [9.17, 15) is 18.0 Å². The van der Waals surface area contributed by atoms with Crippen LogP contribution in [-0.4, -0.2) is 41.0 Å². The number of carbonyl (C=O) groups is 1. The minimum Gasteiger partial charge on any atom is -0.560 e. The Labute approximate surface area is 256 Å². The first-order valence-electron chi connectivity index (χ1n) is 11.2. The minimum atomic E-state index is -4.55. The first-order chi connectivity index (χ1) is 17.0. The second kappa shape index (κ2) is 12.0. The summed E-state index contributed by atoms with van der Waals surface area (Å²) in [5.41, 5.74) is 2.76. The quantitative estimate of drug-likeness (QED) is 0.178. The average Bonchev–Trinajstić information content (AvgIpc) is 3.28. The summed E-state index contributed by atoms with van der Waals surface area (Å²) in [6, 6.07) is 10.9. The fourth-order valence-corrected chi connectivity index (χ4v) is 3.76. The van der Waals surface area contributed by atoms with Crippen LogP contribution in [0.3, 0.4) is 0 Å². The van der Waals surface area contributed by atoms with Gasteiger partial charge in [-0.05, 0) is 42.3 Å². The second-order valence-electron chi connectivity index (χ2n) is 9.14. The fourth-order valence-electron chi connectivity index (χ4n) is 3.76. The van der Waals surface area contributed by atoms with Crippen molar-refractivity contribution >= 4 is 23.0 Å². The molecule has 1 amide bonds. The average molecular weight is 535 g/mol. The molecule has 0 bridgehead atoms. The van der Waals surface area contributed by atoms with E-state index < -0.39 is 17.8 Å². The van der Waals surface area contributed by atoms with Gasteiger partial charge in [0.2, 0.25) is 0 Å². The first kappa shape index (κ1) is 29.1. The molecule has 0 radical (unpaired) electrons. The van der Waals surface area contributed by atoms with Crippen molar-refractivity contribution in [1.29, 1.82) is 0 Å². The zero-order valence-corrected chi connectivity index (χ0v) is 24.1. The Morgan fingerprint density at radius 2 is 1.95 bits per heavy atom. The van der Waals surface area contributed by atoms with E-state index in [-0.39, 0.29) is 63.0 Å². The summed E-state index contributed by atoms with van der Waals surface area (Å²) in [4.78, 5) is 20.1. The van der Waals surface area contributed by atoms with Gasteiger partial charge in [-0.2, -0.15) is 24.9 Å². The van der Waals surface area contributed by atoms with Gasteiger partial charge >= 0.3 is 57.6 Å². The number of pyridine rings is 1. The second-order valence-corrected chi connectivity index (χ2v) is 9.14. The minimum absolute atomic E-state index is 0. The number of nitrogens with one attached hydrogen (secondary N) is 3. The molecule has 11 heteroatoms. The number of likely N-dealkylation sites (N-methyl/N-ethyl adjacent to an activating group) is 1. The van der Waals surface area contributed by atoms with Crippen molar-refractivity contribution in [3.8, 4) is 0 Å². The number of carbonyl (C=O) groups excluding carboxylic acids is 1. The molecule has 0 saturated heterocycles. The normalized spacial score (nSPS) is 15.2. The molecule has 4 rings (SSSR count). The van der Waals surface area contributed by atoms with Gasteiger partial charge in [0.25, 0.3) is 5.91 Å². The number of rotatable bonds is 8. The van der Waals surface area contributed by atoms with Crippen molar-refractivity contribution in [2.45, 2.75) is 19.1 Å². The predicted molar refractivity (Wildman–Crippen MR) is 131 cm³/mol. The molecular weight excluding hydrogens is 508 g/mol. The molecule has 0 spiro atoms. The van der Waals surface area contributed by atoms with Crippen molar-refractivity contribution in [2.75, 3.05) is 31.3 Å². The SMILES string of the molecule is CC(N[C-]=CNc1[cH-]c(C2=C[N+](C)(C)C2)cn1)c1cccc(NC(=O)c2ccc(C(F)(F)F)nc2)c1.[K+]. The maximum atomic E-state index is 12.7. The molecule has 1 aliphatic heterocycles. The van der Waals surface area contributed by atoms with Gasteiger partial charge in [-0.1, -0.05) is 18.3 Å². The van der Waals surface area contributed by atoms with Crippen molar-refractivity contribution in [3.63, 3.8) is 0 Å². The maximum Gasteiger partial charge on any atom is 1.00 e. The topological polar surface area (TPSA) is 78.9 Å². The number of halogens is 3. The van der Waals surface area contributed by atoms with Crippen LogP contribution in [0.5, 0.6) is 0 Å². The van der Waals surface area contributed by atoms with Crippen LogP contribution in [-0.2, 0) is 6.18 Å². The van der Waals surface area contributed by atoms with Crippen molar-refractivity contribution in [2.24, 2.45) is 0 Å². The Morgan fingerprint density at radius 3 is 2.59 bits per heavy atom. The van der Waals surface area contributed by atoms with Gasteiger partial charge in [-0.3, -0.25) is 9.78 Å². The van der Waals surface area contributed by atoms with Crippen LogP contribution in [0, 0.1) is 6.20 Å². The van der Waals surface area contributed by atoms with Crippen molar-refractivity contribution in [1.82, 2.24) is 15.3 Å². The van der Waals surface area contributed by atoms with Gasteiger partial charge in [0.15, 0.2) is 0 Å². The molecule has 37 heavy (non-hydrogen) atoms. The number of hydrogen-bond donors (Lipinski definition) is 3. The summed E-state index contributed by atoms with van der Waals surface area (Å²) < 4.78 is 38.9. The van der Waals surface area contributed by atoms with E-state index in [1.807, 2.05) is 25.3 Å². The zero-order valence-electron chi connectivity index (χ0n) is 21.0. The zero-order chi connectivity index (χ0) is 25.9. The molecule has 3 N–H and O–H groups in total. The fraction of sp³-hybridized carbons (Fsp3) is 0.231. The van der Waals surface area contributed by atoms with Crippen LogP contribution in [0.4, 0.5) is 24.7 Å². The number of benzene rings is 1. The van der Waals surface area contributed by atoms with Crippen LogP contribution in [0.25, 0.3) is 5.57 Å². The predicted octanol–water partition coefficient (Wildman–Crippen LogP) is 1.94. The summed E-state index contributed by atoms with van der Waals surface area (Å²) in [5.74, 6) is 0.180. The molecule has 1 atom stereocenters. The molecule has 0 saturated carbocycles. The third kappa shape index (κ3) is 7.79. The summed E-state index contributed by atoms with van der Waals surface area (Å²) in [6.45, 7) is 2.91. The van der Waals surface area contributed by atoms with E-state index >= 15 is 0 Å². The van der Waals surface area contributed by atoms with Gasteiger partial charge in [0, 0.05) is 24.1 Å². The molecule has 1 unspecified atom stereocenters. The third-order valence-electron chi connectivity index (χ3n) is 5.64. The number of quaternary nitrogens is 1. The molecule has 0 fully saturated rings. The molecule has 0 aliphatic carbocycles. The van der Waals surface area contributed by atoms with Crippen LogP contribution in [0.2, 0.25) is 0 Å². The van der Waals surface area contributed by atoms with Gasteiger partial charge in [-0.25, -0.2) is 0 Å². The molecule has 188 valence electrons. The Hall–Kier alpha value is -2.41. The Balaban J connectivity index is 0.00000380. The molecule has 3 aromatic rings. The van der Waals surface area contributed by atoms with E-state index in [1.165, 1.54) is 5.57 Å². The van der Waals surface area contributed by atoms with Crippen molar-refractivity contribution in [3.05, 3.63) is 95.8 Å². The van der Waals surface area contributed by atoms with Crippen LogP contribution < -0.4 is 67.3 Å². The van der Waals surface area contributed by atoms with Crippen molar-refractivity contribution < 1.29 is 73.8 Å². The number of hydrogen-bond acceptors (Lipinski definition) is 5. The van der Waals surface area contributed by atoms with Crippen LogP contribution >= 0.6 is 0 Å². The Kier molecular flexibility index (Phi) is 9.43. The van der Waals surface area contributed by atoms with Gasteiger partial charge < -0.3 is 31.6 Å². The summed E-state index contributed by atoms with van der Waals surface area (Å²) in [6.07, 6.45) is 5.02. The monoisotopic (exact) mass is 534 g/mol. The van der Waals surface area contributed by atoms with E-state index in [1.54, 1.807) is 24.4 Å².